The fourth-order valence-corrected chi connectivity index (χ4v) is 1.89. The molecule has 0 spiro atoms. The maximum atomic E-state index is 11.0. The van der Waals surface area contributed by atoms with E-state index in [1.54, 1.807) is 9.39 Å². The van der Waals surface area contributed by atoms with Gasteiger partial charge in [0.05, 0.1) is 7.05 Å². The van der Waals surface area contributed by atoms with Gasteiger partial charge >= 0.3 is 0 Å². The van der Waals surface area contributed by atoms with Gasteiger partial charge < -0.3 is 20.8 Å². The molecule has 1 rings (SSSR count). The van der Waals surface area contributed by atoms with Crippen molar-refractivity contribution in [2.24, 2.45) is 11.7 Å². The second-order valence-electron chi connectivity index (χ2n) is 3.78. The van der Waals surface area contributed by atoms with Crippen molar-refractivity contribution < 1.29 is 40.2 Å². The lowest BCUT2D eigenvalue weighted by Gasteiger charge is -2.46. The fourth-order valence-electron chi connectivity index (χ4n) is 1.73. The third-order valence-corrected chi connectivity index (χ3v) is 2.49. The predicted octanol–water partition coefficient (Wildman–Crippen LogP) is -8.10. The minimum Gasteiger partial charge on any atom is -0.600 e. The monoisotopic (exact) mass is 320 g/mol. The van der Waals surface area contributed by atoms with E-state index in [9.17, 15) is 20.8 Å². The molecule has 0 aromatic heterocycles. The Hall–Kier alpha value is -0.130. The quantitative estimate of drug-likeness (QED) is 0.142. The molecule has 8 N–H and O–H groups in total. The number of nitrogens with two attached hydrogens (primary N) is 2. The summed E-state index contributed by atoms with van der Waals surface area (Å²) in [4.78, 5) is 18.2. The SMILES string of the molecule is C[NH+]([O-])OC1C(O[NH+](N)[O-])C(O[NH+]([O-])P)C1O[NH+](N)[O-]. The first-order valence-corrected chi connectivity index (χ1v) is 5.85. The molecule has 0 heterocycles. The van der Waals surface area contributed by atoms with Crippen LogP contribution in [0, 0.1) is 20.8 Å². The van der Waals surface area contributed by atoms with E-state index in [-0.39, 0.29) is 0 Å². The van der Waals surface area contributed by atoms with Crippen LogP contribution in [0.15, 0.2) is 0 Å². The van der Waals surface area contributed by atoms with Crippen LogP contribution in [-0.4, -0.2) is 31.5 Å². The number of rotatable bonds is 8. The zero-order valence-corrected chi connectivity index (χ0v) is 11.5. The highest BCUT2D eigenvalue weighted by molar-refractivity contribution is 7.07. The summed E-state index contributed by atoms with van der Waals surface area (Å²) in [5.41, 5.74) is 0. The third-order valence-electron chi connectivity index (χ3n) is 2.35. The van der Waals surface area contributed by atoms with Crippen LogP contribution in [0.5, 0.6) is 0 Å². The smallest absolute Gasteiger partial charge is 0.190 e. The van der Waals surface area contributed by atoms with Gasteiger partial charge in [-0.3, -0.25) is 0 Å². The van der Waals surface area contributed by atoms with Crippen molar-refractivity contribution in [1.82, 2.24) is 0 Å². The van der Waals surface area contributed by atoms with Gasteiger partial charge in [0, 0.05) is 0 Å². The van der Waals surface area contributed by atoms with E-state index in [1.807, 2.05) is 0 Å². The fraction of sp³-hybridized carbons (Fsp3) is 1.00. The van der Waals surface area contributed by atoms with Crippen molar-refractivity contribution in [3.05, 3.63) is 20.8 Å². The molecule has 0 radical (unpaired) electrons. The van der Waals surface area contributed by atoms with Crippen molar-refractivity contribution in [2.45, 2.75) is 24.4 Å². The molecule has 0 amide bonds. The Morgan fingerprint density at radius 2 is 1.15 bits per heavy atom. The summed E-state index contributed by atoms with van der Waals surface area (Å²) < 4.78 is 0. The largest absolute Gasteiger partial charge is 0.600 e. The van der Waals surface area contributed by atoms with Gasteiger partial charge in [-0.15, -0.1) is 22.4 Å². The van der Waals surface area contributed by atoms with E-state index in [4.69, 9.17) is 21.4 Å². The second-order valence-corrected chi connectivity index (χ2v) is 4.25. The Labute approximate surface area is 115 Å². The van der Waals surface area contributed by atoms with Crippen LogP contribution >= 0.6 is 9.39 Å². The first-order valence-electron chi connectivity index (χ1n) is 5.28. The van der Waals surface area contributed by atoms with Gasteiger partial charge in [0.2, 0.25) is 0 Å². The van der Waals surface area contributed by atoms with E-state index in [0.717, 1.165) is 7.05 Å². The van der Waals surface area contributed by atoms with Crippen molar-refractivity contribution in [2.75, 3.05) is 7.05 Å². The second kappa shape index (κ2) is 7.76. The maximum Gasteiger partial charge on any atom is 0.190 e. The van der Waals surface area contributed by atoms with Crippen LogP contribution in [0.4, 0.5) is 0 Å². The van der Waals surface area contributed by atoms with Crippen LogP contribution in [-0.2, 0) is 19.4 Å². The number of hydrogen-bond acceptors (Lipinski definition) is 10. The van der Waals surface area contributed by atoms with Crippen molar-refractivity contribution in [1.29, 1.82) is 0 Å². The molecular weight excluding hydrogens is 303 g/mol. The van der Waals surface area contributed by atoms with Crippen LogP contribution < -0.4 is 32.6 Å². The third kappa shape index (κ3) is 5.01. The lowest BCUT2D eigenvalue weighted by molar-refractivity contribution is -1.10. The molecular formula is C5H17N6O8P. The summed E-state index contributed by atoms with van der Waals surface area (Å²) in [6, 6.07) is 0. The number of hydrogen-bond donors (Lipinski definition) is 6. The lowest BCUT2D eigenvalue weighted by Crippen LogP contribution is -3.17. The van der Waals surface area contributed by atoms with Gasteiger partial charge in [0.1, 0.15) is 9.39 Å². The molecule has 7 atom stereocenters. The average molecular weight is 320 g/mol. The van der Waals surface area contributed by atoms with Crippen LogP contribution in [0.1, 0.15) is 0 Å². The highest BCUT2D eigenvalue weighted by atomic mass is 31.0. The summed E-state index contributed by atoms with van der Waals surface area (Å²) in [5.74, 6) is 9.71. The van der Waals surface area contributed by atoms with Crippen molar-refractivity contribution in [3.8, 4) is 0 Å². The topological polar surface area (TPSA) is 199 Å². The van der Waals surface area contributed by atoms with Crippen molar-refractivity contribution in [3.63, 3.8) is 0 Å². The van der Waals surface area contributed by atoms with Gasteiger partial charge in [-0.05, 0) is 0 Å². The van der Waals surface area contributed by atoms with Crippen LogP contribution in [0.25, 0.3) is 0 Å². The van der Waals surface area contributed by atoms with E-state index < -0.39 is 45.3 Å². The minimum atomic E-state index is -1.19. The molecule has 0 aromatic rings. The number of hydroxylamine groups is 2. The molecule has 7 unspecified atom stereocenters. The zero-order chi connectivity index (χ0) is 15.4. The molecule has 1 aliphatic rings. The zero-order valence-electron chi connectivity index (χ0n) is 10.3. The normalized spacial score (nSPS) is 36.0. The Balaban J connectivity index is 2.78. The Kier molecular flexibility index (Phi) is 6.95. The molecule has 0 bridgehead atoms. The number of nitrogens with one attached hydrogen (secondary N) is 4. The van der Waals surface area contributed by atoms with Crippen LogP contribution in [0.3, 0.4) is 0 Å². The van der Waals surface area contributed by atoms with E-state index >= 15 is 0 Å². The Morgan fingerprint density at radius 1 is 0.800 bits per heavy atom. The summed E-state index contributed by atoms with van der Waals surface area (Å²) in [7, 11) is 2.81. The van der Waals surface area contributed by atoms with Gasteiger partial charge in [-0.2, -0.15) is 19.4 Å². The molecule has 14 nitrogen and oxygen atoms in total. The molecule has 0 aliphatic heterocycles. The van der Waals surface area contributed by atoms with E-state index in [0.29, 0.717) is 0 Å². The lowest BCUT2D eigenvalue weighted by atomic mass is 9.84. The number of quaternary nitrogens is 4. The highest BCUT2D eigenvalue weighted by Gasteiger charge is 2.62. The molecule has 1 fully saturated rings. The Bertz CT molecular complexity index is 233. The highest BCUT2D eigenvalue weighted by Crippen LogP contribution is 2.29. The first kappa shape index (κ1) is 17.9. The summed E-state index contributed by atoms with van der Waals surface area (Å²) in [6.45, 7) is 0. The Morgan fingerprint density at radius 3 is 1.45 bits per heavy atom. The molecule has 20 heavy (non-hydrogen) atoms. The molecule has 0 aromatic carbocycles. The van der Waals surface area contributed by atoms with E-state index in [1.165, 1.54) is 0 Å². The molecule has 1 aliphatic carbocycles. The molecule has 15 heteroatoms. The van der Waals surface area contributed by atoms with Gasteiger partial charge in [0.15, 0.2) is 24.4 Å². The van der Waals surface area contributed by atoms with Gasteiger partial charge in [0.25, 0.3) is 0 Å². The molecule has 120 valence electrons. The average Bonchev–Trinajstić information content (AvgIpc) is 2.28. The minimum absolute atomic E-state index is 0.721. The molecule has 1 saturated carbocycles. The standard InChI is InChI=1S/C5H17N6O8P/c1-8(12)16-2-3(17-9(6)13)5(19-11(15)20)4(2)18-10(7)14/h2-5,8-11H,6-7,20H2,1H3. The predicted molar refractivity (Wildman–Crippen MR) is 60.8 cm³/mol. The van der Waals surface area contributed by atoms with Gasteiger partial charge in [-0.25, -0.2) is 10.2 Å². The van der Waals surface area contributed by atoms with Crippen molar-refractivity contribution >= 4 is 9.39 Å². The maximum absolute atomic E-state index is 11.0. The molecule has 0 saturated heterocycles. The summed E-state index contributed by atoms with van der Waals surface area (Å²) in [5, 5.41) is 40.4. The summed E-state index contributed by atoms with van der Waals surface area (Å²) in [6.07, 6.45) is -4.72. The van der Waals surface area contributed by atoms with E-state index in [2.05, 4.69) is 9.68 Å². The van der Waals surface area contributed by atoms with Crippen LogP contribution in [0.2, 0.25) is 0 Å². The summed E-state index contributed by atoms with van der Waals surface area (Å²) >= 11 is 0. The van der Waals surface area contributed by atoms with Gasteiger partial charge in [-0.1, -0.05) is 0 Å². The first-order chi connectivity index (χ1) is 9.22.